The second-order valence-corrected chi connectivity index (χ2v) is 9.59. The van der Waals surface area contributed by atoms with Crippen molar-refractivity contribution < 1.29 is 19.1 Å². The van der Waals surface area contributed by atoms with E-state index in [1.807, 2.05) is 30.3 Å². The van der Waals surface area contributed by atoms with Gasteiger partial charge in [-0.3, -0.25) is 9.59 Å². The highest BCUT2D eigenvalue weighted by molar-refractivity contribution is 5.89. The number of nitrogens with one attached hydrogen (secondary N) is 2. The van der Waals surface area contributed by atoms with Crippen LogP contribution in [0.4, 0.5) is 0 Å². The number of hydrogen-bond donors (Lipinski definition) is 2. The zero-order valence-corrected chi connectivity index (χ0v) is 17.7. The van der Waals surface area contributed by atoms with Gasteiger partial charge in [0.2, 0.25) is 5.91 Å². The van der Waals surface area contributed by atoms with Gasteiger partial charge in [0.05, 0.1) is 0 Å². The second-order valence-electron chi connectivity index (χ2n) is 9.59. The normalized spacial score (nSPS) is 29.8. The van der Waals surface area contributed by atoms with Crippen molar-refractivity contribution in [3.63, 3.8) is 0 Å². The van der Waals surface area contributed by atoms with E-state index in [4.69, 9.17) is 4.74 Å². The van der Waals surface area contributed by atoms with Crippen molar-refractivity contribution in [3.05, 3.63) is 35.9 Å². The molecule has 4 aliphatic rings. The maximum absolute atomic E-state index is 13.0. The van der Waals surface area contributed by atoms with Gasteiger partial charge in [-0.25, -0.2) is 4.79 Å². The topological polar surface area (TPSA) is 84.5 Å². The molecule has 0 heterocycles. The summed E-state index contributed by atoms with van der Waals surface area (Å²) in [5.74, 6) is 1.11. The lowest BCUT2D eigenvalue weighted by atomic mass is 9.49. The third kappa shape index (κ3) is 4.68. The number of amides is 2. The molecule has 162 valence electrons. The summed E-state index contributed by atoms with van der Waals surface area (Å²) in [7, 11) is 0. The summed E-state index contributed by atoms with van der Waals surface area (Å²) in [6.45, 7) is 1.79. The number of benzene rings is 1. The van der Waals surface area contributed by atoms with E-state index < -0.39 is 12.0 Å². The van der Waals surface area contributed by atoms with Gasteiger partial charge in [-0.1, -0.05) is 30.3 Å². The van der Waals surface area contributed by atoms with Crippen LogP contribution < -0.4 is 10.6 Å². The molecule has 30 heavy (non-hydrogen) atoms. The Bertz CT molecular complexity index is 756. The Morgan fingerprint density at radius 3 is 2.23 bits per heavy atom. The predicted octanol–water partition coefficient (Wildman–Crippen LogP) is 2.61. The summed E-state index contributed by atoms with van der Waals surface area (Å²) in [5, 5.41) is 5.63. The molecule has 2 N–H and O–H groups in total. The average molecular weight is 413 g/mol. The Hall–Kier alpha value is -2.37. The van der Waals surface area contributed by atoms with E-state index in [0.29, 0.717) is 24.3 Å². The standard InChI is InChI=1S/C24H32N2O4/c1-16(22(28)30-15-21(27)25-8-7-17-5-3-2-4-6-17)26-23(29)24-12-18-9-19(13-24)11-20(10-18)14-24/h2-6,16,18-20H,7-15H2,1H3,(H,25,27)(H,26,29)/t16-,18?,19?,20?,24?/m0/s1. The summed E-state index contributed by atoms with van der Waals surface area (Å²) in [6.07, 6.45) is 7.39. The Labute approximate surface area is 178 Å². The summed E-state index contributed by atoms with van der Waals surface area (Å²) >= 11 is 0. The lowest BCUT2D eigenvalue weighted by Crippen LogP contribution is -2.56. The fraction of sp³-hybridized carbons (Fsp3) is 0.625. The number of carbonyl (C=O) groups is 3. The minimum absolute atomic E-state index is 0.00152. The van der Waals surface area contributed by atoms with Gasteiger partial charge in [0, 0.05) is 12.0 Å². The van der Waals surface area contributed by atoms with E-state index in [1.54, 1.807) is 6.92 Å². The maximum Gasteiger partial charge on any atom is 0.328 e. The van der Waals surface area contributed by atoms with E-state index in [9.17, 15) is 14.4 Å². The summed E-state index contributed by atoms with van der Waals surface area (Å²) in [6, 6.07) is 9.11. The first kappa shape index (κ1) is 20.9. The van der Waals surface area contributed by atoms with E-state index in [1.165, 1.54) is 19.3 Å². The molecular weight excluding hydrogens is 380 g/mol. The fourth-order valence-corrected chi connectivity index (χ4v) is 6.10. The molecule has 4 aliphatic carbocycles. The summed E-state index contributed by atoms with van der Waals surface area (Å²) < 4.78 is 5.12. The summed E-state index contributed by atoms with van der Waals surface area (Å²) in [5.41, 5.74) is 0.841. The second kappa shape index (κ2) is 8.78. The lowest BCUT2D eigenvalue weighted by molar-refractivity contribution is -0.155. The van der Waals surface area contributed by atoms with Crippen molar-refractivity contribution in [3.8, 4) is 0 Å². The number of carbonyl (C=O) groups excluding carboxylic acids is 3. The predicted molar refractivity (Wildman–Crippen MR) is 112 cm³/mol. The zero-order chi connectivity index (χ0) is 21.1. The van der Waals surface area contributed by atoms with E-state index in [2.05, 4.69) is 10.6 Å². The summed E-state index contributed by atoms with van der Waals surface area (Å²) in [4.78, 5) is 37.3. The molecule has 4 saturated carbocycles. The van der Waals surface area contributed by atoms with Gasteiger partial charge in [0.1, 0.15) is 6.04 Å². The van der Waals surface area contributed by atoms with Crippen LogP contribution in [0.5, 0.6) is 0 Å². The average Bonchev–Trinajstić information content (AvgIpc) is 2.71. The molecule has 4 bridgehead atoms. The highest BCUT2D eigenvalue weighted by Gasteiger charge is 2.54. The Kier molecular flexibility index (Phi) is 6.11. The first-order chi connectivity index (χ1) is 14.4. The van der Waals surface area contributed by atoms with Crippen LogP contribution in [0.3, 0.4) is 0 Å². The molecule has 0 saturated heterocycles. The lowest BCUT2D eigenvalue weighted by Gasteiger charge is -2.55. The van der Waals surface area contributed by atoms with E-state index in [0.717, 1.165) is 31.2 Å². The third-order valence-electron chi connectivity index (χ3n) is 7.15. The Morgan fingerprint density at radius 2 is 1.63 bits per heavy atom. The molecule has 4 fully saturated rings. The van der Waals surface area contributed by atoms with Crippen LogP contribution in [0.15, 0.2) is 30.3 Å². The molecule has 0 aromatic heterocycles. The van der Waals surface area contributed by atoms with Crippen LogP contribution in [0.1, 0.15) is 51.0 Å². The Morgan fingerprint density at radius 1 is 1.03 bits per heavy atom. The first-order valence-corrected chi connectivity index (χ1v) is 11.2. The SMILES string of the molecule is C[C@H](NC(=O)C12CC3CC(CC(C3)C1)C2)C(=O)OCC(=O)NCCc1ccccc1. The molecular formula is C24H32N2O4. The van der Waals surface area contributed by atoms with Crippen LogP contribution >= 0.6 is 0 Å². The van der Waals surface area contributed by atoms with Gasteiger partial charge in [-0.15, -0.1) is 0 Å². The molecule has 6 heteroatoms. The molecule has 1 aromatic carbocycles. The van der Waals surface area contributed by atoms with Gasteiger partial charge < -0.3 is 15.4 Å². The van der Waals surface area contributed by atoms with Crippen molar-refractivity contribution >= 4 is 17.8 Å². The smallest absolute Gasteiger partial charge is 0.328 e. The van der Waals surface area contributed by atoms with Crippen LogP contribution in [0.2, 0.25) is 0 Å². The van der Waals surface area contributed by atoms with Gasteiger partial charge in [0.15, 0.2) is 6.61 Å². The van der Waals surface area contributed by atoms with Gasteiger partial charge in [0.25, 0.3) is 5.91 Å². The number of rotatable bonds is 8. The van der Waals surface area contributed by atoms with Crippen LogP contribution in [-0.4, -0.2) is 37.0 Å². The van der Waals surface area contributed by atoms with E-state index in [-0.39, 0.29) is 23.8 Å². The van der Waals surface area contributed by atoms with Crippen molar-refractivity contribution in [1.82, 2.24) is 10.6 Å². The van der Waals surface area contributed by atoms with E-state index >= 15 is 0 Å². The number of hydrogen-bond acceptors (Lipinski definition) is 4. The van der Waals surface area contributed by atoms with Crippen molar-refractivity contribution in [2.24, 2.45) is 23.2 Å². The van der Waals surface area contributed by atoms with Crippen molar-refractivity contribution in [2.45, 2.75) is 57.9 Å². The number of ether oxygens (including phenoxy) is 1. The van der Waals surface area contributed by atoms with Crippen molar-refractivity contribution in [2.75, 3.05) is 13.2 Å². The molecule has 6 nitrogen and oxygen atoms in total. The van der Waals surface area contributed by atoms with Gasteiger partial charge in [-0.2, -0.15) is 0 Å². The highest BCUT2D eigenvalue weighted by Crippen LogP contribution is 2.60. The fourth-order valence-electron chi connectivity index (χ4n) is 6.10. The molecule has 0 aliphatic heterocycles. The monoisotopic (exact) mass is 412 g/mol. The maximum atomic E-state index is 13.0. The molecule has 5 rings (SSSR count). The molecule has 2 amide bonds. The van der Waals surface area contributed by atoms with Crippen LogP contribution in [0, 0.1) is 23.2 Å². The molecule has 0 spiro atoms. The quantitative estimate of drug-likeness (QED) is 0.643. The molecule has 1 aromatic rings. The zero-order valence-electron chi connectivity index (χ0n) is 17.7. The minimum atomic E-state index is -0.748. The van der Waals surface area contributed by atoms with Crippen LogP contribution in [-0.2, 0) is 25.5 Å². The molecule has 0 radical (unpaired) electrons. The minimum Gasteiger partial charge on any atom is -0.454 e. The largest absolute Gasteiger partial charge is 0.454 e. The van der Waals surface area contributed by atoms with Crippen LogP contribution in [0.25, 0.3) is 0 Å². The van der Waals surface area contributed by atoms with Gasteiger partial charge in [-0.05, 0) is 75.2 Å². The Balaban J connectivity index is 1.18. The third-order valence-corrected chi connectivity index (χ3v) is 7.15. The first-order valence-electron chi connectivity index (χ1n) is 11.2. The van der Waals surface area contributed by atoms with Gasteiger partial charge >= 0.3 is 5.97 Å². The van der Waals surface area contributed by atoms with Crippen molar-refractivity contribution in [1.29, 1.82) is 0 Å². The molecule has 0 unspecified atom stereocenters. The highest BCUT2D eigenvalue weighted by atomic mass is 16.5. The number of esters is 1. The molecule has 1 atom stereocenters.